The van der Waals surface area contributed by atoms with Crippen molar-refractivity contribution in [3.8, 4) is 0 Å². The molecule has 52 valence electrons. The van der Waals surface area contributed by atoms with Crippen LogP contribution >= 0.6 is 22.6 Å². The molecule has 1 heterocycles. The molecule has 2 rings (SSSR count). The summed E-state index contributed by atoms with van der Waals surface area (Å²) in [6, 6.07) is 2.14. The van der Waals surface area contributed by atoms with E-state index < -0.39 is 0 Å². The van der Waals surface area contributed by atoms with Crippen LogP contribution in [0.25, 0.3) is 0 Å². The molecule has 0 radical (unpaired) electrons. The SMILES string of the molecule is Ic1cnccc1C1CC1. The first-order chi connectivity index (χ1) is 4.88. The molecule has 0 N–H and O–H groups in total. The van der Waals surface area contributed by atoms with E-state index in [-0.39, 0.29) is 0 Å². The fourth-order valence-corrected chi connectivity index (χ4v) is 1.89. The van der Waals surface area contributed by atoms with Gasteiger partial charge in [-0.05, 0) is 53.0 Å². The quantitative estimate of drug-likeness (QED) is 0.693. The second kappa shape index (κ2) is 2.49. The first kappa shape index (κ1) is 6.58. The summed E-state index contributed by atoms with van der Waals surface area (Å²) in [5.74, 6) is 0.856. The summed E-state index contributed by atoms with van der Waals surface area (Å²) < 4.78 is 1.32. The Morgan fingerprint density at radius 1 is 1.50 bits per heavy atom. The van der Waals surface area contributed by atoms with Crippen molar-refractivity contribution in [2.24, 2.45) is 0 Å². The Balaban J connectivity index is 2.39. The lowest BCUT2D eigenvalue weighted by Crippen LogP contribution is -1.84. The molecule has 0 aliphatic heterocycles. The van der Waals surface area contributed by atoms with Crippen LogP contribution < -0.4 is 0 Å². The van der Waals surface area contributed by atoms with Gasteiger partial charge in [0.1, 0.15) is 0 Å². The Labute approximate surface area is 74.0 Å². The number of nitrogens with zero attached hydrogens (tertiary/aromatic N) is 1. The fourth-order valence-electron chi connectivity index (χ4n) is 1.11. The van der Waals surface area contributed by atoms with Crippen LogP contribution in [0, 0.1) is 3.57 Å². The summed E-state index contributed by atoms with van der Waals surface area (Å²) in [4.78, 5) is 4.05. The molecule has 1 fully saturated rings. The molecular formula is C8H8IN. The maximum absolute atomic E-state index is 4.05. The maximum Gasteiger partial charge on any atom is 0.0404 e. The van der Waals surface area contributed by atoms with Crippen LogP contribution in [0.3, 0.4) is 0 Å². The third-order valence-electron chi connectivity index (χ3n) is 1.82. The van der Waals surface area contributed by atoms with Crippen molar-refractivity contribution >= 4 is 22.6 Å². The molecule has 1 aromatic heterocycles. The molecule has 0 saturated heterocycles. The Morgan fingerprint density at radius 3 is 2.90 bits per heavy atom. The number of hydrogen-bond donors (Lipinski definition) is 0. The molecule has 10 heavy (non-hydrogen) atoms. The van der Waals surface area contributed by atoms with Gasteiger partial charge in [-0.2, -0.15) is 0 Å². The van der Waals surface area contributed by atoms with Crippen LogP contribution in [0.2, 0.25) is 0 Å². The number of pyridine rings is 1. The first-order valence-electron chi connectivity index (χ1n) is 3.47. The van der Waals surface area contributed by atoms with Gasteiger partial charge in [0.15, 0.2) is 0 Å². The zero-order chi connectivity index (χ0) is 6.97. The topological polar surface area (TPSA) is 12.9 Å². The van der Waals surface area contributed by atoms with Crippen LogP contribution in [0.1, 0.15) is 24.3 Å². The van der Waals surface area contributed by atoms with E-state index in [1.165, 1.54) is 22.0 Å². The van der Waals surface area contributed by atoms with Crippen LogP contribution in [0.4, 0.5) is 0 Å². The molecule has 0 bridgehead atoms. The zero-order valence-corrected chi connectivity index (χ0v) is 7.71. The summed E-state index contributed by atoms with van der Waals surface area (Å²) in [5, 5.41) is 0. The van der Waals surface area contributed by atoms with E-state index in [0.29, 0.717) is 0 Å². The van der Waals surface area contributed by atoms with Crippen LogP contribution in [-0.2, 0) is 0 Å². The van der Waals surface area contributed by atoms with Gasteiger partial charge in [-0.15, -0.1) is 0 Å². The third-order valence-corrected chi connectivity index (χ3v) is 2.72. The predicted octanol–water partition coefficient (Wildman–Crippen LogP) is 2.56. The monoisotopic (exact) mass is 245 g/mol. The Kier molecular flexibility index (Phi) is 1.64. The van der Waals surface area contributed by atoms with Crippen molar-refractivity contribution < 1.29 is 0 Å². The molecule has 0 unspecified atom stereocenters. The molecule has 0 amide bonds. The Hall–Kier alpha value is -0.120. The molecule has 1 aromatic rings. The highest BCUT2D eigenvalue weighted by Gasteiger charge is 2.24. The van der Waals surface area contributed by atoms with Gasteiger partial charge in [-0.1, -0.05) is 0 Å². The number of hydrogen-bond acceptors (Lipinski definition) is 1. The smallest absolute Gasteiger partial charge is 0.0404 e. The van der Waals surface area contributed by atoms with Gasteiger partial charge < -0.3 is 0 Å². The van der Waals surface area contributed by atoms with Crippen molar-refractivity contribution in [3.05, 3.63) is 27.6 Å². The molecule has 1 nitrogen and oxygen atoms in total. The van der Waals surface area contributed by atoms with E-state index in [4.69, 9.17) is 0 Å². The van der Waals surface area contributed by atoms with Crippen molar-refractivity contribution in [2.45, 2.75) is 18.8 Å². The summed E-state index contributed by atoms with van der Waals surface area (Å²) in [5.41, 5.74) is 1.50. The maximum atomic E-state index is 4.05. The van der Waals surface area contributed by atoms with Gasteiger partial charge >= 0.3 is 0 Å². The lowest BCUT2D eigenvalue weighted by molar-refractivity contribution is 1.09. The largest absolute Gasteiger partial charge is 0.264 e. The standard InChI is InChI=1S/C8H8IN/c9-8-5-10-4-3-7(8)6-1-2-6/h3-6H,1-2H2. The minimum atomic E-state index is 0.856. The van der Waals surface area contributed by atoms with Crippen molar-refractivity contribution in [1.29, 1.82) is 0 Å². The highest BCUT2D eigenvalue weighted by Crippen LogP contribution is 2.41. The highest BCUT2D eigenvalue weighted by molar-refractivity contribution is 14.1. The average Bonchev–Trinajstić information content (AvgIpc) is 2.71. The van der Waals surface area contributed by atoms with E-state index >= 15 is 0 Å². The summed E-state index contributed by atoms with van der Waals surface area (Å²) in [6.45, 7) is 0. The summed E-state index contributed by atoms with van der Waals surface area (Å²) >= 11 is 2.35. The van der Waals surface area contributed by atoms with Gasteiger partial charge in [0.2, 0.25) is 0 Å². The lowest BCUT2D eigenvalue weighted by atomic mass is 10.2. The minimum absolute atomic E-state index is 0.856. The number of rotatable bonds is 1. The van der Waals surface area contributed by atoms with E-state index in [1.54, 1.807) is 0 Å². The van der Waals surface area contributed by atoms with Gasteiger partial charge in [-0.3, -0.25) is 4.98 Å². The van der Waals surface area contributed by atoms with Gasteiger partial charge in [-0.25, -0.2) is 0 Å². The molecule has 0 aromatic carbocycles. The van der Waals surface area contributed by atoms with E-state index in [9.17, 15) is 0 Å². The van der Waals surface area contributed by atoms with Crippen molar-refractivity contribution in [2.75, 3.05) is 0 Å². The molecule has 0 spiro atoms. The van der Waals surface area contributed by atoms with E-state index in [2.05, 4.69) is 33.6 Å². The van der Waals surface area contributed by atoms with Crippen LogP contribution in [0.15, 0.2) is 18.5 Å². The number of aromatic nitrogens is 1. The van der Waals surface area contributed by atoms with Gasteiger partial charge in [0.05, 0.1) is 0 Å². The summed E-state index contributed by atoms with van der Waals surface area (Å²) in [6.07, 6.45) is 6.57. The molecule has 1 saturated carbocycles. The molecule has 0 atom stereocenters. The zero-order valence-electron chi connectivity index (χ0n) is 5.55. The fraction of sp³-hybridized carbons (Fsp3) is 0.375. The van der Waals surface area contributed by atoms with E-state index in [1.807, 2.05) is 12.4 Å². The molecule has 2 heteroatoms. The first-order valence-corrected chi connectivity index (χ1v) is 4.55. The predicted molar refractivity (Wildman–Crippen MR) is 48.9 cm³/mol. The highest BCUT2D eigenvalue weighted by atomic mass is 127. The second-order valence-corrected chi connectivity index (χ2v) is 3.83. The lowest BCUT2D eigenvalue weighted by Gasteiger charge is -1.98. The van der Waals surface area contributed by atoms with Gasteiger partial charge in [0.25, 0.3) is 0 Å². The van der Waals surface area contributed by atoms with Crippen molar-refractivity contribution in [1.82, 2.24) is 4.98 Å². The van der Waals surface area contributed by atoms with Crippen LogP contribution in [-0.4, -0.2) is 4.98 Å². The number of halogens is 1. The van der Waals surface area contributed by atoms with Gasteiger partial charge in [0, 0.05) is 16.0 Å². The molecule has 1 aliphatic carbocycles. The van der Waals surface area contributed by atoms with E-state index in [0.717, 1.165) is 5.92 Å². The Morgan fingerprint density at radius 2 is 2.30 bits per heavy atom. The Bertz CT molecular complexity index is 243. The minimum Gasteiger partial charge on any atom is -0.264 e. The average molecular weight is 245 g/mol. The molecular weight excluding hydrogens is 237 g/mol. The second-order valence-electron chi connectivity index (χ2n) is 2.67. The third kappa shape index (κ3) is 1.17. The summed E-state index contributed by atoms with van der Waals surface area (Å²) in [7, 11) is 0. The van der Waals surface area contributed by atoms with Crippen molar-refractivity contribution in [3.63, 3.8) is 0 Å². The van der Waals surface area contributed by atoms with Crippen LogP contribution in [0.5, 0.6) is 0 Å². The molecule has 1 aliphatic rings. The normalized spacial score (nSPS) is 17.3.